The Kier molecular flexibility index (Phi) is 5.81. The van der Waals surface area contributed by atoms with Crippen LogP contribution in [0.15, 0.2) is 29.2 Å². The second kappa shape index (κ2) is 7.51. The summed E-state index contributed by atoms with van der Waals surface area (Å²) >= 11 is 0. The van der Waals surface area contributed by atoms with Gasteiger partial charge in [0.25, 0.3) is 5.91 Å². The van der Waals surface area contributed by atoms with Crippen LogP contribution in [0, 0.1) is 0 Å². The molecule has 25 heavy (non-hydrogen) atoms. The lowest BCUT2D eigenvalue weighted by atomic mass is 10.1. The summed E-state index contributed by atoms with van der Waals surface area (Å²) in [5, 5.41) is 11.9. The molecule has 1 saturated heterocycles. The zero-order valence-corrected chi connectivity index (χ0v) is 15.3. The van der Waals surface area contributed by atoms with Crippen LogP contribution in [0.5, 0.6) is 0 Å². The fraction of sp³-hybridized carbons (Fsp3) is 0.500. The van der Waals surface area contributed by atoms with Crippen LogP contribution in [-0.4, -0.2) is 73.9 Å². The minimum Gasteiger partial charge on any atom is -0.390 e. The van der Waals surface area contributed by atoms with E-state index in [1.54, 1.807) is 21.0 Å². The zero-order valence-electron chi connectivity index (χ0n) is 14.5. The highest BCUT2D eigenvalue weighted by Gasteiger charge is 2.35. The molecule has 1 atom stereocenters. The van der Waals surface area contributed by atoms with Crippen molar-refractivity contribution in [3.8, 4) is 0 Å². The van der Waals surface area contributed by atoms with E-state index in [4.69, 9.17) is 0 Å². The van der Waals surface area contributed by atoms with Crippen LogP contribution in [0.25, 0.3) is 0 Å². The first-order valence-corrected chi connectivity index (χ1v) is 9.41. The van der Waals surface area contributed by atoms with E-state index in [1.165, 1.54) is 29.2 Å². The standard InChI is InChI=1S/C16H23N3O5S/c1-4-14(16(22)18(2)3)17-15(21)11-6-5-7-13(8-11)25(23,24)19-9-12(20)10-19/h5-8,12,14,20H,4,9-10H2,1-3H3,(H,17,21). The van der Waals surface area contributed by atoms with Gasteiger partial charge in [0.15, 0.2) is 0 Å². The summed E-state index contributed by atoms with van der Waals surface area (Å²) in [6.45, 7) is 1.88. The molecule has 8 nitrogen and oxygen atoms in total. The van der Waals surface area contributed by atoms with E-state index in [0.29, 0.717) is 6.42 Å². The summed E-state index contributed by atoms with van der Waals surface area (Å²) in [5.41, 5.74) is 0.159. The van der Waals surface area contributed by atoms with Crippen molar-refractivity contribution in [3.63, 3.8) is 0 Å². The summed E-state index contributed by atoms with van der Waals surface area (Å²) < 4.78 is 26.0. The molecule has 9 heteroatoms. The number of nitrogens with one attached hydrogen (secondary N) is 1. The van der Waals surface area contributed by atoms with Crippen molar-refractivity contribution in [2.45, 2.75) is 30.4 Å². The quantitative estimate of drug-likeness (QED) is 0.713. The Bertz CT molecular complexity index is 757. The van der Waals surface area contributed by atoms with Crippen LogP contribution in [0.4, 0.5) is 0 Å². The van der Waals surface area contributed by atoms with Crippen molar-refractivity contribution in [2.24, 2.45) is 0 Å². The third kappa shape index (κ3) is 4.17. The maximum Gasteiger partial charge on any atom is 0.251 e. The van der Waals surface area contributed by atoms with E-state index in [-0.39, 0.29) is 29.5 Å². The molecular formula is C16H23N3O5S. The fourth-order valence-corrected chi connectivity index (χ4v) is 4.01. The first-order valence-electron chi connectivity index (χ1n) is 7.97. The van der Waals surface area contributed by atoms with E-state index < -0.39 is 28.1 Å². The van der Waals surface area contributed by atoms with Gasteiger partial charge in [0.2, 0.25) is 15.9 Å². The van der Waals surface area contributed by atoms with Crippen LogP contribution in [0.2, 0.25) is 0 Å². The molecule has 2 N–H and O–H groups in total. The van der Waals surface area contributed by atoms with E-state index in [2.05, 4.69) is 5.32 Å². The van der Waals surface area contributed by atoms with Crippen LogP contribution >= 0.6 is 0 Å². The van der Waals surface area contributed by atoms with Crippen molar-refractivity contribution in [1.29, 1.82) is 0 Å². The summed E-state index contributed by atoms with van der Waals surface area (Å²) in [5.74, 6) is -0.739. The van der Waals surface area contributed by atoms with Gasteiger partial charge < -0.3 is 15.3 Å². The number of nitrogens with zero attached hydrogens (tertiary/aromatic N) is 2. The van der Waals surface area contributed by atoms with Crippen molar-refractivity contribution in [1.82, 2.24) is 14.5 Å². The Morgan fingerprint density at radius 1 is 1.36 bits per heavy atom. The number of β-amino-alcohol motifs (C(OH)–C–C–N with tert-alkyl or cyclic N) is 1. The third-order valence-corrected chi connectivity index (χ3v) is 5.84. The molecule has 1 aliphatic rings. The molecule has 1 unspecified atom stereocenters. The van der Waals surface area contributed by atoms with E-state index in [9.17, 15) is 23.1 Å². The topological polar surface area (TPSA) is 107 Å². The van der Waals surface area contributed by atoms with Gasteiger partial charge in [-0.1, -0.05) is 13.0 Å². The average molecular weight is 369 g/mol. The monoisotopic (exact) mass is 369 g/mol. The van der Waals surface area contributed by atoms with Gasteiger partial charge in [-0.3, -0.25) is 9.59 Å². The van der Waals surface area contributed by atoms with E-state index in [1.807, 2.05) is 0 Å². The number of hydrogen-bond acceptors (Lipinski definition) is 5. The molecule has 0 bridgehead atoms. The number of benzene rings is 1. The molecule has 1 aliphatic heterocycles. The van der Waals surface area contributed by atoms with Crippen molar-refractivity contribution in [3.05, 3.63) is 29.8 Å². The SMILES string of the molecule is CCC(NC(=O)c1cccc(S(=O)(=O)N2CC(O)C2)c1)C(=O)N(C)C. The van der Waals surface area contributed by atoms with Gasteiger partial charge >= 0.3 is 0 Å². The Balaban J connectivity index is 2.18. The summed E-state index contributed by atoms with van der Waals surface area (Å²) in [6, 6.07) is 4.98. The molecule has 0 saturated carbocycles. The minimum atomic E-state index is -3.74. The number of amides is 2. The number of aliphatic hydroxyl groups excluding tert-OH is 1. The molecule has 0 radical (unpaired) electrons. The smallest absolute Gasteiger partial charge is 0.251 e. The van der Waals surface area contributed by atoms with Crippen molar-refractivity contribution in [2.75, 3.05) is 27.2 Å². The summed E-state index contributed by atoms with van der Waals surface area (Å²) in [7, 11) is -0.531. The highest BCUT2D eigenvalue weighted by atomic mass is 32.2. The first-order chi connectivity index (χ1) is 11.7. The van der Waals surface area contributed by atoms with Crippen molar-refractivity contribution < 1.29 is 23.1 Å². The van der Waals surface area contributed by atoms with E-state index in [0.717, 1.165) is 4.31 Å². The van der Waals surface area contributed by atoms with Gasteiger partial charge in [0, 0.05) is 32.7 Å². The minimum absolute atomic E-state index is 0.0148. The lowest BCUT2D eigenvalue weighted by Gasteiger charge is -2.34. The Morgan fingerprint density at radius 3 is 2.52 bits per heavy atom. The van der Waals surface area contributed by atoms with Crippen LogP contribution in [0.1, 0.15) is 23.7 Å². The molecule has 0 spiro atoms. The zero-order chi connectivity index (χ0) is 18.8. The maximum atomic E-state index is 12.4. The molecule has 138 valence electrons. The number of hydrogen-bond donors (Lipinski definition) is 2. The molecule has 1 aromatic carbocycles. The Hall–Kier alpha value is -1.97. The second-order valence-corrected chi connectivity index (χ2v) is 8.11. The number of rotatable bonds is 6. The lowest BCUT2D eigenvalue weighted by Crippen LogP contribution is -2.53. The predicted octanol–water partition coefficient (Wildman–Crippen LogP) is -0.352. The highest BCUT2D eigenvalue weighted by Crippen LogP contribution is 2.22. The normalized spacial score (nSPS) is 16.8. The summed E-state index contributed by atoms with van der Waals surface area (Å²) in [6.07, 6.45) is -0.226. The molecule has 0 aromatic heterocycles. The van der Waals surface area contributed by atoms with Gasteiger partial charge in [-0.25, -0.2) is 8.42 Å². The van der Waals surface area contributed by atoms with Crippen LogP contribution in [0.3, 0.4) is 0 Å². The number of carbonyl (C=O) groups is 2. The molecular weight excluding hydrogens is 346 g/mol. The Labute approximate surface area is 147 Å². The van der Waals surface area contributed by atoms with Gasteiger partial charge in [-0.2, -0.15) is 4.31 Å². The van der Waals surface area contributed by atoms with Gasteiger partial charge in [-0.05, 0) is 24.6 Å². The molecule has 2 rings (SSSR count). The van der Waals surface area contributed by atoms with Crippen LogP contribution in [-0.2, 0) is 14.8 Å². The maximum absolute atomic E-state index is 12.4. The Morgan fingerprint density at radius 2 is 2.00 bits per heavy atom. The second-order valence-electron chi connectivity index (χ2n) is 6.17. The molecule has 1 fully saturated rings. The van der Waals surface area contributed by atoms with Gasteiger partial charge in [0.05, 0.1) is 11.0 Å². The third-order valence-electron chi connectivity index (χ3n) is 4.02. The largest absolute Gasteiger partial charge is 0.390 e. The van der Waals surface area contributed by atoms with E-state index >= 15 is 0 Å². The number of sulfonamides is 1. The van der Waals surface area contributed by atoms with Gasteiger partial charge in [-0.15, -0.1) is 0 Å². The molecule has 1 aromatic rings. The number of carbonyl (C=O) groups excluding carboxylic acids is 2. The number of aliphatic hydroxyl groups is 1. The van der Waals surface area contributed by atoms with Crippen LogP contribution < -0.4 is 5.32 Å². The van der Waals surface area contributed by atoms with Crippen molar-refractivity contribution >= 4 is 21.8 Å². The fourth-order valence-electron chi connectivity index (χ4n) is 2.45. The summed E-state index contributed by atoms with van der Waals surface area (Å²) in [4.78, 5) is 25.8. The van der Waals surface area contributed by atoms with Gasteiger partial charge in [0.1, 0.15) is 6.04 Å². The predicted molar refractivity (Wildman–Crippen MR) is 91.4 cm³/mol. The molecule has 2 amide bonds. The first kappa shape index (κ1) is 19.4. The average Bonchev–Trinajstić information content (AvgIpc) is 2.55. The number of likely N-dealkylation sites (N-methyl/N-ethyl adjacent to an activating group) is 1. The molecule has 1 heterocycles. The molecule has 0 aliphatic carbocycles. The highest BCUT2D eigenvalue weighted by molar-refractivity contribution is 7.89. The lowest BCUT2D eigenvalue weighted by molar-refractivity contribution is -0.130.